The van der Waals surface area contributed by atoms with Crippen molar-refractivity contribution in [1.82, 2.24) is 4.90 Å². The van der Waals surface area contributed by atoms with Gasteiger partial charge in [0.2, 0.25) is 10.0 Å². The molecular weight excluding hydrogens is 380 g/mol. The van der Waals surface area contributed by atoms with E-state index in [4.69, 9.17) is 21.5 Å². The van der Waals surface area contributed by atoms with Crippen LogP contribution in [0.3, 0.4) is 0 Å². The first-order valence-electron chi connectivity index (χ1n) is 8.19. The average molecular weight is 405 g/mol. The van der Waals surface area contributed by atoms with E-state index in [2.05, 4.69) is 0 Å². The van der Waals surface area contributed by atoms with Gasteiger partial charge < -0.3 is 9.64 Å². The van der Waals surface area contributed by atoms with Crippen LogP contribution >= 0.6 is 11.6 Å². The number of primary sulfonamides is 1. The van der Waals surface area contributed by atoms with Crippen molar-refractivity contribution in [3.63, 3.8) is 0 Å². The fourth-order valence-electron chi connectivity index (χ4n) is 2.31. The largest absolute Gasteiger partial charge is 0.452 e. The Morgan fingerprint density at radius 1 is 1.15 bits per heavy atom. The van der Waals surface area contributed by atoms with E-state index in [1.54, 1.807) is 4.90 Å². The SMILES string of the molecule is CC(C)CN(CC(C)C)C(=O)COC(=O)c1ccc(Cl)c(S(N)(=O)=O)c1. The van der Waals surface area contributed by atoms with Crippen LogP contribution in [0.15, 0.2) is 23.1 Å². The average Bonchev–Trinajstić information content (AvgIpc) is 2.50. The lowest BCUT2D eigenvalue weighted by atomic mass is 10.1. The molecule has 146 valence electrons. The molecule has 0 bridgehead atoms. The van der Waals surface area contributed by atoms with Crippen LogP contribution in [0.5, 0.6) is 0 Å². The Kier molecular flexibility index (Phi) is 8.05. The molecule has 0 fully saturated rings. The maximum Gasteiger partial charge on any atom is 0.338 e. The molecule has 0 atom stereocenters. The first-order chi connectivity index (χ1) is 11.9. The minimum Gasteiger partial charge on any atom is -0.452 e. The standard InChI is InChI=1S/C17H25ClN2O5S/c1-11(2)8-20(9-12(3)4)16(21)10-25-17(22)13-5-6-14(18)15(7-13)26(19,23)24/h5-7,11-12H,8-10H2,1-4H3,(H2,19,23,24). The summed E-state index contributed by atoms with van der Waals surface area (Å²) in [7, 11) is -4.08. The third kappa shape index (κ3) is 6.93. The molecule has 0 aliphatic rings. The molecule has 0 saturated carbocycles. The Bertz CT molecular complexity index is 752. The van der Waals surface area contributed by atoms with Gasteiger partial charge >= 0.3 is 5.97 Å². The van der Waals surface area contributed by atoms with E-state index >= 15 is 0 Å². The molecule has 0 unspecified atom stereocenters. The van der Waals surface area contributed by atoms with Gasteiger partial charge in [-0.3, -0.25) is 4.79 Å². The summed E-state index contributed by atoms with van der Waals surface area (Å²) in [5.41, 5.74) is -0.0505. The van der Waals surface area contributed by atoms with Gasteiger partial charge in [0.1, 0.15) is 4.90 Å². The third-order valence-corrected chi connectivity index (χ3v) is 4.72. The molecule has 9 heteroatoms. The van der Waals surface area contributed by atoms with Crippen molar-refractivity contribution in [2.45, 2.75) is 32.6 Å². The third-order valence-electron chi connectivity index (χ3n) is 3.32. The second-order valence-corrected chi connectivity index (χ2v) is 8.79. The number of esters is 1. The molecule has 1 amide bonds. The number of hydrogen-bond acceptors (Lipinski definition) is 5. The van der Waals surface area contributed by atoms with Gasteiger partial charge in [-0.1, -0.05) is 39.3 Å². The molecule has 0 heterocycles. The Morgan fingerprint density at radius 3 is 2.15 bits per heavy atom. The second-order valence-electron chi connectivity index (χ2n) is 6.85. The van der Waals surface area contributed by atoms with Gasteiger partial charge in [0, 0.05) is 13.1 Å². The fourth-order valence-corrected chi connectivity index (χ4v) is 3.38. The summed E-state index contributed by atoms with van der Waals surface area (Å²) in [6.07, 6.45) is 0. The number of halogens is 1. The zero-order chi connectivity index (χ0) is 20.1. The van der Waals surface area contributed by atoms with Crippen molar-refractivity contribution in [3.05, 3.63) is 28.8 Å². The molecule has 7 nitrogen and oxygen atoms in total. The first-order valence-corrected chi connectivity index (χ1v) is 10.1. The first kappa shape index (κ1) is 22.4. The lowest BCUT2D eigenvalue weighted by Gasteiger charge is -2.26. The zero-order valence-corrected chi connectivity index (χ0v) is 16.9. The van der Waals surface area contributed by atoms with Crippen LogP contribution < -0.4 is 5.14 Å². The molecule has 0 aliphatic heterocycles. The van der Waals surface area contributed by atoms with E-state index in [9.17, 15) is 18.0 Å². The molecule has 1 rings (SSSR count). The van der Waals surface area contributed by atoms with Gasteiger partial charge in [-0.15, -0.1) is 0 Å². The smallest absolute Gasteiger partial charge is 0.338 e. The van der Waals surface area contributed by atoms with Crippen molar-refractivity contribution in [2.24, 2.45) is 17.0 Å². The number of ether oxygens (including phenoxy) is 1. The van der Waals surface area contributed by atoms with Gasteiger partial charge in [0.25, 0.3) is 5.91 Å². The van der Waals surface area contributed by atoms with Crippen LogP contribution in [0.4, 0.5) is 0 Å². The molecule has 2 N–H and O–H groups in total. The summed E-state index contributed by atoms with van der Waals surface area (Å²) in [5.74, 6) is -0.570. The van der Waals surface area contributed by atoms with Crippen LogP contribution in [0.2, 0.25) is 5.02 Å². The van der Waals surface area contributed by atoms with Crippen LogP contribution in [0.1, 0.15) is 38.1 Å². The van der Waals surface area contributed by atoms with Crippen molar-refractivity contribution in [2.75, 3.05) is 19.7 Å². The summed E-state index contributed by atoms with van der Waals surface area (Å²) in [4.78, 5) is 25.8. The Morgan fingerprint density at radius 2 is 1.69 bits per heavy atom. The summed E-state index contributed by atoms with van der Waals surface area (Å²) < 4.78 is 28.0. The fraction of sp³-hybridized carbons (Fsp3) is 0.529. The molecule has 0 aliphatic carbocycles. The molecular formula is C17H25ClN2O5S. The number of amides is 1. The van der Waals surface area contributed by atoms with Gasteiger partial charge in [0.15, 0.2) is 6.61 Å². The van der Waals surface area contributed by atoms with E-state index in [1.807, 2.05) is 27.7 Å². The minimum atomic E-state index is -4.08. The zero-order valence-electron chi connectivity index (χ0n) is 15.4. The molecule has 1 aromatic rings. The Hall–Kier alpha value is -1.64. The van der Waals surface area contributed by atoms with E-state index in [-0.39, 0.29) is 33.2 Å². The van der Waals surface area contributed by atoms with E-state index in [0.29, 0.717) is 13.1 Å². The number of rotatable bonds is 8. The number of sulfonamides is 1. The monoisotopic (exact) mass is 404 g/mol. The lowest BCUT2D eigenvalue weighted by Crippen LogP contribution is -2.39. The van der Waals surface area contributed by atoms with Crippen LogP contribution in [-0.4, -0.2) is 44.9 Å². The number of carbonyl (C=O) groups is 2. The number of hydrogen-bond donors (Lipinski definition) is 1. The second kappa shape index (κ2) is 9.34. The number of nitrogens with zero attached hydrogens (tertiary/aromatic N) is 1. The summed E-state index contributed by atoms with van der Waals surface area (Å²) in [6.45, 7) is 8.68. The summed E-state index contributed by atoms with van der Waals surface area (Å²) >= 11 is 5.78. The highest BCUT2D eigenvalue weighted by atomic mass is 35.5. The van der Waals surface area contributed by atoms with Gasteiger partial charge in [-0.25, -0.2) is 18.4 Å². The minimum absolute atomic E-state index is 0.0505. The van der Waals surface area contributed by atoms with Gasteiger partial charge in [-0.2, -0.15) is 0 Å². The molecule has 1 aromatic carbocycles. The Labute approximate surface area is 159 Å². The van der Waals surface area contributed by atoms with E-state index < -0.39 is 22.6 Å². The Balaban J connectivity index is 2.83. The van der Waals surface area contributed by atoms with E-state index in [0.717, 1.165) is 6.07 Å². The van der Waals surface area contributed by atoms with E-state index in [1.165, 1.54) is 12.1 Å². The topological polar surface area (TPSA) is 107 Å². The molecule has 0 aromatic heterocycles. The highest BCUT2D eigenvalue weighted by Crippen LogP contribution is 2.22. The highest BCUT2D eigenvalue weighted by molar-refractivity contribution is 7.89. The molecule has 0 radical (unpaired) electrons. The number of benzene rings is 1. The molecule has 0 spiro atoms. The van der Waals surface area contributed by atoms with Crippen molar-refractivity contribution in [3.8, 4) is 0 Å². The maximum atomic E-state index is 12.3. The quantitative estimate of drug-likeness (QED) is 0.669. The predicted molar refractivity (Wildman–Crippen MR) is 99.4 cm³/mol. The van der Waals surface area contributed by atoms with Crippen molar-refractivity contribution in [1.29, 1.82) is 0 Å². The predicted octanol–water partition coefficient (Wildman–Crippen LogP) is 2.28. The number of nitrogens with two attached hydrogens (primary N) is 1. The van der Waals surface area contributed by atoms with Crippen LogP contribution in [0.25, 0.3) is 0 Å². The number of carbonyl (C=O) groups excluding carboxylic acids is 2. The summed E-state index contributed by atoms with van der Waals surface area (Å²) in [5, 5.41) is 4.96. The molecule has 26 heavy (non-hydrogen) atoms. The summed E-state index contributed by atoms with van der Waals surface area (Å²) in [6, 6.07) is 3.58. The van der Waals surface area contributed by atoms with Crippen molar-refractivity contribution >= 4 is 33.5 Å². The maximum absolute atomic E-state index is 12.3. The van der Waals surface area contributed by atoms with Crippen LogP contribution in [0, 0.1) is 11.8 Å². The normalized spacial score (nSPS) is 11.7. The van der Waals surface area contributed by atoms with Crippen molar-refractivity contribution < 1.29 is 22.7 Å². The highest BCUT2D eigenvalue weighted by Gasteiger charge is 2.20. The van der Waals surface area contributed by atoms with Gasteiger partial charge in [-0.05, 0) is 30.0 Å². The van der Waals surface area contributed by atoms with Gasteiger partial charge in [0.05, 0.1) is 10.6 Å². The lowest BCUT2D eigenvalue weighted by molar-refractivity contribution is -0.135. The molecule has 0 saturated heterocycles. The van der Waals surface area contributed by atoms with Crippen LogP contribution in [-0.2, 0) is 19.6 Å².